The molecule has 0 bridgehead atoms. The lowest BCUT2D eigenvalue weighted by Gasteiger charge is -2.06. The van der Waals surface area contributed by atoms with Crippen LogP contribution < -0.4 is 0 Å². The molecule has 0 N–H and O–H groups in total. The minimum atomic E-state index is -3.87. The van der Waals surface area contributed by atoms with Crippen molar-refractivity contribution in [1.82, 2.24) is 0 Å². The lowest BCUT2D eigenvalue weighted by atomic mass is 10.1. The molecular weight excluding hydrogens is 214 g/mol. The van der Waals surface area contributed by atoms with Gasteiger partial charge in [-0.2, -0.15) is 0 Å². The van der Waals surface area contributed by atoms with Crippen molar-refractivity contribution in [3.8, 4) is 0 Å². The zero-order chi connectivity index (χ0) is 11.6. The van der Waals surface area contributed by atoms with Crippen molar-refractivity contribution < 1.29 is 8.42 Å². The summed E-state index contributed by atoms with van der Waals surface area (Å²) in [6.07, 6.45) is 0. The summed E-state index contributed by atoms with van der Waals surface area (Å²) < 4.78 is 25.8. The maximum Gasteiger partial charge on any atom is 0.264 e. The van der Waals surface area contributed by atoms with Gasteiger partial charge in [0.2, 0.25) is 0 Å². The molecule has 0 fully saturated rings. The zero-order valence-corrected chi connectivity index (χ0v) is 9.54. The van der Waals surface area contributed by atoms with Crippen LogP contribution in [0.25, 0.3) is 10.4 Å². The third-order valence-corrected chi connectivity index (χ3v) is 3.50. The van der Waals surface area contributed by atoms with E-state index in [1.165, 1.54) is 6.07 Å². The summed E-state index contributed by atoms with van der Waals surface area (Å²) in [5, 5.41) is 0. The van der Waals surface area contributed by atoms with Crippen LogP contribution in [0.3, 0.4) is 0 Å². The molecule has 1 aromatic rings. The summed E-state index contributed by atoms with van der Waals surface area (Å²) in [4.78, 5) is 2.39. The molecule has 0 aliphatic carbocycles. The third-order valence-electron chi connectivity index (χ3n) is 2.21. The highest BCUT2D eigenvalue weighted by Gasteiger charge is 2.15. The van der Waals surface area contributed by atoms with Crippen molar-refractivity contribution in [2.45, 2.75) is 25.7 Å². The average Bonchev–Trinajstić information content (AvgIpc) is 2.11. The van der Waals surface area contributed by atoms with E-state index in [1.807, 2.05) is 13.8 Å². The fraction of sp³-hybridized carbons (Fsp3) is 0.333. The Morgan fingerprint density at radius 1 is 1.13 bits per heavy atom. The standard InChI is InChI=1S/C9H11N3O2S/c1-6-4-8(3)9(5-7(6)2)15(13,14)12-11-10/h4-5H,1-3H3. The summed E-state index contributed by atoms with van der Waals surface area (Å²) in [5.74, 6) is 0. The fourth-order valence-corrected chi connectivity index (χ4v) is 2.28. The predicted octanol–water partition coefficient (Wildman–Crippen LogP) is 2.61. The molecular formula is C9H11N3O2S. The summed E-state index contributed by atoms with van der Waals surface area (Å²) in [6, 6.07) is 3.28. The van der Waals surface area contributed by atoms with Gasteiger partial charge in [-0.1, -0.05) is 6.07 Å². The Morgan fingerprint density at radius 3 is 2.20 bits per heavy atom. The molecule has 0 aromatic heterocycles. The van der Waals surface area contributed by atoms with Crippen molar-refractivity contribution in [2.75, 3.05) is 0 Å². The average molecular weight is 225 g/mol. The van der Waals surface area contributed by atoms with Gasteiger partial charge in [-0.3, -0.25) is 0 Å². The lowest BCUT2D eigenvalue weighted by molar-refractivity contribution is 0.596. The molecule has 0 atom stereocenters. The van der Waals surface area contributed by atoms with E-state index in [0.717, 1.165) is 11.1 Å². The van der Waals surface area contributed by atoms with Gasteiger partial charge in [0.25, 0.3) is 10.0 Å². The Balaban J connectivity index is 3.52. The quantitative estimate of drug-likeness (QED) is 0.440. The minimum Gasteiger partial charge on any atom is -0.216 e. The first-order chi connectivity index (χ1) is 6.88. The summed E-state index contributed by atoms with van der Waals surface area (Å²) in [6.45, 7) is 5.38. The second kappa shape index (κ2) is 3.92. The Hall–Kier alpha value is -1.52. The summed E-state index contributed by atoms with van der Waals surface area (Å²) >= 11 is 0. The number of hydrogen-bond donors (Lipinski definition) is 0. The second-order valence-electron chi connectivity index (χ2n) is 3.35. The lowest BCUT2D eigenvalue weighted by Crippen LogP contribution is -2.00. The Morgan fingerprint density at radius 2 is 1.67 bits per heavy atom. The number of benzene rings is 1. The largest absolute Gasteiger partial charge is 0.264 e. The van der Waals surface area contributed by atoms with Gasteiger partial charge in [-0.05, 0) is 49.1 Å². The van der Waals surface area contributed by atoms with E-state index in [4.69, 9.17) is 5.53 Å². The second-order valence-corrected chi connectivity index (χ2v) is 4.90. The first-order valence-corrected chi connectivity index (χ1v) is 5.71. The number of hydrogen-bond acceptors (Lipinski definition) is 2. The zero-order valence-electron chi connectivity index (χ0n) is 8.72. The normalized spacial score (nSPS) is 10.9. The van der Waals surface area contributed by atoms with Crippen LogP contribution in [0.15, 0.2) is 21.5 Å². The molecule has 0 spiro atoms. The van der Waals surface area contributed by atoms with Crippen molar-refractivity contribution >= 4 is 10.0 Å². The van der Waals surface area contributed by atoms with Gasteiger partial charge in [0.15, 0.2) is 0 Å². The van der Waals surface area contributed by atoms with Crippen LogP contribution in [0.4, 0.5) is 0 Å². The van der Waals surface area contributed by atoms with E-state index in [2.05, 4.69) is 9.43 Å². The fourth-order valence-electron chi connectivity index (χ4n) is 1.30. The molecule has 80 valence electrons. The SMILES string of the molecule is Cc1cc(C)c(S(=O)(=O)N=[N+]=[N-])cc1C. The van der Waals surface area contributed by atoms with Crippen LogP contribution in [0.1, 0.15) is 16.7 Å². The summed E-state index contributed by atoms with van der Waals surface area (Å²) in [7, 11) is -3.87. The van der Waals surface area contributed by atoms with Gasteiger partial charge >= 0.3 is 0 Å². The van der Waals surface area contributed by atoms with Crippen molar-refractivity contribution in [1.29, 1.82) is 0 Å². The van der Waals surface area contributed by atoms with E-state index in [0.29, 0.717) is 5.56 Å². The highest BCUT2D eigenvalue weighted by Crippen LogP contribution is 2.21. The molecule has 0 amide bonds. The molecule has 0 aliphatic rings. The number of nitrogens with zero attached hydrogens (tertiary/aromatic N) is 3. The van der Waals surface area contributed by atoms with Crippen molar-refractivity contribution in [3.63, 3.8) is 0 Å². The Labute approximate surface area is 88.4 Å². The highest BCUT2D eigenvalue weighted by atomic mass is 32.2. The number of aryl methyl sites for hydroxylation is 3. The van der Waals surface area contributed by atoms with Gasteiger partial charge in [-0.25, -0.2) is 8.42 Å². The van der Waals surface area contributed by atoms with Gasteiger partial charge in [0.05, 0.1) is 4.90 Å². The van der Waals surface area contributed by atoms with Crippen LogP contribution in [-0.4, -0.2) is 8.42 Å². The molecule has 6 heteroatoms. The molecule has 0 heterocycles. The van der Waals surface area contributed by atoms with Crippen molar-refractivity contribution in [3.05, 3.63) is 39.3 Å². The van der Waals surface area contributed by atoms with Crippen LogP contribution in [0.5, 0.6) is 0 Å². The highest BCUT2D eigenvalue weighted by molar-refractivity contribution is 7.90. The molecule has 0 unspecified atom stereocenters. The first kappa shape index (κ1) is 11.6. The van der Waals surface area contributed by atoms with Crippen LogP contribution in [0, 0.1) is 20.8 Å². The molecule has 0 saturated carbocycles. The first-order valence-electron chi connectivity index (χ1n) is 4.27. The Kier molecular flexibility index (Phi) is 3.02. The van der Waals surface area contributed by atoms with E-state index < -0.39 is 10.0 Å². The van der Waals surface area contributed by atoms with E-state index in [9.17, 15) is 8.42 Å². The van der Waals surface area contributed by atoms with Gasteiger partial charge in [-0.15, -0.1) is 0 Å². The van der Waals surface area contributed by atoms with Gasteiger partial charge in [0, 0.05) is 9.43 Å². The molecule has 15 heavy (non-hydrogen) atoms. The monoisotopic (exact) mass is 225 g/mol. The number of azide groups is 1. The smallest absolute Gasteiger partial charge is 0.216 e. The van der Waals surface area contributed by atoms with E-state index >= 15 is 0 Å². The molecule has 5 nitrogen and oxygen atoms in total. The van der Waals surface area contributed by atoms with Crippen LogP contribution in [0.2, 0.25) is 0 Å². The minimum absolute atomic E-state index is 0.0726. The maximum atomic E-state index is 11.5. The Bertz CT molecular complexity index is 543. The van der Waals surface area contributed by atoms with E-state index in [-0.39, 0.29) is 4.90 Å². The summed E-state index contributed by atoms with van der Waals surface area (Å²) in [5.41, 5.74) is 10.6. The maximum absolute atomic E-state index is 11.5. The van der Waals surface area contributed by atoms with Gasteiger partial charge in [0.1, 0.15) is 0 Å². The third kappa shape index (κ3) is 2.29. The van der Waals surface area contributed by atoms with Crippen LogP contribution in [-0.2, 0) is 10.0 Å². The molecule has 1 rings (SSSR count). The van der Waals surface area contributed by atoms with Gasteiger partial charge < -0.3 is 0 Å². The van der Waals surface area contributed by atoms with Crippen LogP contribution >= 0.6 is 0 Å². The molecule has 0 saturated heterocycles. The molecule has 0 radical (unpaired) electrons. The number of sulfonamides is 1. The molecule has 1 aromatic carbocycles. The van der Waals surface area contributed by atoms with Crippen molar-refractivity contribution in [2.24, 2.45) is 4.52 Å². The predicted molar refractivity (Wildman–Crippen MR) is 57.0 cm³/mol. The topological polar surface area (TPSA) is 82.9 Å². The van der Waals surface area contributed by atoms with E-state index in [1.54, 1.807) is 13.0 Å². The molecule has 0 aliphatic heterocycles. The number of rotatable bonds is 2.